The SMILES string of the molecule is Cc1nccc(CNC2CCC(C)(C)C2)n1. The van der Waals surface area contributed by atoms with Gasteiger partial charge in [0.05, 0.1) is 5.69 Å². The van der Waals surface area contributed by atoms with Gasteiger partial charge in [0.25, 0.3) is 0 Å². The highest BCUT2D eigenvalue weighted by Gasteiger charge is 2.30. The Kier molecular flexibility index (Phi) is 3.24. The first-order chi connectivity index (χ1) is 7.55. The van der Waals surface area contributed by atoms with E-state index < -0.39 is 0 Å². The summed E-state index contributed by atoms with van der Waals surface area (Å²) in [6, 6.07) is 2.64. The molecule has 0 radical (unpaired) electrons. The molecule has 1 N–H and O–H groups in total. The van der Waals surface area contributed by atoms with Crippen molar-refractivity contribution in [2.24, 2.45) is 5.41 Å². The molecule has 0 amide bonds. The van der Waals surface area contributed by atoms with Gasteiger partial charge in [0.1, 0.15) is 5.82 Å². The summed E-state index contributed by atoms with van der Waals surface area (Å²) >= 11 is 0. The van der Waals surface area contributed by atoms with E-state index in [1.165, 1.54) is 19.3 Å². The lowest BCUT2D eigenvalue weighted by atomic mass is 9.92. The summed E-state index contributed by atoms with van der Waals surface area (Å²) in [5.41, 5.74) is 1.61. The lowest BCUT2D eigenvalue weighted by Gasteiger charge is -2.17. The third-order valence-electron chi connectivity index (χ3n) is 3.37. The van der Waals surface area contributed by atoms with E-state index >= 15 is 0 Å². The average Bonchev–Trinajstić information content (AvgIpc) is 2.56. The monoisotopic (exact) mass is 219 g/mol. The van der Waals surface area contributed by atoms with Gasteiger partial charge in [-0.15, -0.1) is 0 Å². The number of aryl methyl sites for hydroxylation is 1. The Morgan fingerprint density at radius 2 is 2.31 bits per heavy atom. The average molecular weight is 219 g/mol. The van der Waals surface area contributed by atoms with Crippen LogP contribution in [0.3, 0.4) is 0 Å². The summed E-state index contributed by atoms with van der Waals surface area (Å²) in [4.78, 5) is 8.50. The molecule has 1 saturated carbocycles. The van der Waals surface area contributed by atoms with Crippen molar-refractivity contribution in [3.63, 3.8) is 0 Å². The Hall–Kier alpha value is -0.960. The smallest absolute Gasteiger partial charge is 0.125 e. The molecule has 1 aliphatic rings. The summed E-state index contributed by atoms with van der Waals surface area (Å²) in [6.45, 7) is 7.50. The second kappa shape index (κ2) is 4.50. The predicted molar refractivity (Wildman–Crippen MR) is 65.0 cm³/mol. The molecule has 0 spiro atoms. The van der Waals surface area contributed by atoms with Crippen molar-refractivity contribution in [2.45, 2.75) is 52.6 Å². The molecule has 1 fully saturated rings. The van der Waals surface area contributed by atoms with Gasteiger partial charge in [0.15, 0.2) is 0 Å². The van der Waals surface area contributed by atoms with Crippen LogP contribution in [0.4, 0.5) is 0 Å². The summed E-state index contributed by atoms with van der Waals surface area (Å²) < 4.78 is 0. The van der Waals surface area contributed by atoms with Crippen LogP contribution in [0, 0.1) is 12.3 Å². The number of hydrogen-bond donors (Lipinski definition) is 1. The molecule has 1 heterocycles. The molecule has 3 heteroatoms. The normalized spacial score (nSPS) is 23.6. The van der Waals surface area contributed by atoms with Crippen LogP contribution in [0.2, 0.25) is 0 Å². The topological polar surface area (TPSA) is 37.8 Å². The van der Waals surface area contributed by atoms with Crippen molar-refractivity contribution in [1.82, 2.24) is 15.3 Å². The predicted octanol–water partition coefficient (Wildman–Crippen LogP) is 2.45. The van der Waals surface area contributed by atoms with E-state index in [2.05, 4.69) is 29.1 Å². The van der Waals surface area contributed by atoms with Gasteiger partial charge < -0.3 is 5.32 Å². The second-order valence-electron chi connectivity index (χ2n) is 5.58. The molecule has 16 heavy (non-hydrogen) atoms. The third-order valence-corrected chi connectivity index (χ3v) is 3.37. The lowest BCUT2D eigenvalue weighted by molar-refractivity contribution is 0.364. The van der Waals surface area contributed by atoms with Crippen molar-refractivity contribution >= 4 is 0 Å². The number of rotatable bonds is 3. The Bertz CT molecular complexity index is 360. The molecule has 1 aromatic rings. The lowest BCUT2D eigenvalue weighted by Crippen LogP contribution is -2.27. The van der Waals surface area contributed by atoms with Crippen LogP contribution >= 0.6 is 0 Å². The van der Waals surface area contributed by atoms with E-state index in [0.717, 1.165) is 18.1 Å². The Morgan fingerprint density at radius 3 is 2.94 bits per heavy atom. The highest BCUT2D eigenvalue weighted by atomic mass is 15.0. The largest absolute Gasteiger partial charge is 0.308 e. The molecule has 2 rings (SSSR count). The minimum absolute atomic E-state index is 0.513. The third kappa shape index (κ3) is 3.01. The van der Waals surface area contributed by atoms with Crippen LogP contribution in [0.5, 0.6) is 0 Å². The fraction of sp³-hybridized carbons (Fsp3) is 0.692. The second-order valence-corrected chi connectivity index (χ2v) is 5.58. The first-order valence-corrected chi connectivity index (χ1v) is 6.07. The van der Waals surface area contributed by atoms with Crippen LogP contribution in [0.15, 0.2) is 12.3 Å². The summed E-state index contributed by atoms with van der Waals surface area (Å²) in [6.07, 6.45) is 5.72. The molecule has 1 atom stereocenters. The van der Waals surface area contributed by atoms with Crippen LogP contribution < -0.4 is 5.32 Å². The van der Waals surface area contributed by atoms with Crippen molar-refractivity contribution in [3.05, 3.63) is 23.8 Å². The molecule has 0 aliphatic heterocycles. The summed E-state index contributed by atoms with van der Waals surface area (Å²) in [5.74, 6) is 0.853. The van der Waals surface area contributed by atoms with Crippen molar-refractivity contribution in [2.75, 3.05) is 0 Å². The molecule has 0 bridgehead atoms. The number of aromatic nitrogens is 2. The van der Waals surface area contributed by atoms with Gasteiger partial charge in [-0.1, -0.05) is 13.8 Å². The zero-order chi connectivity index (χ0) is 11.6. The van der Waals surface area contributed by atoms with E-state index in [-0.39, 0.29) is 0 Å². The Morgan fingerprint density at radius 1 is 1.50 bits per heavy atom. The Balaban J connectivity index is 1.84. The molecule has 3 nitrogen and oxygen atoms in total. The fourth-order valence-corrected chi connectivity index (χ4v) is 2.46. The van der Waals surface area contributed by atoms with Crippen LogP contribution in [0.25, 0.3) is 0 Å². The first-order valence-electron chi connectivity index (χ1n) is 6.07. The van der Waals surface area contributed by atoms with Gasteiger partial charge in [0, 0.05) is 18.8 Å². The van der Waals surface area contributed by atoms with Gasteiger partial charge in [-0.3, -0.25) is 0 Å². The molecule has 1 aromatic heterocycles. The quantitative estimate of drug-likeness (QED) is 0.848. The van der Waals surface area contributed by atoms with Gasteiger partial charge in [0.2, 0.25) is 0 Å². The zero-order valence-corrected chi connectivity index (χ0v) is 10.5. The molecular weight excluding hydrogens is 198 g/mol. The molecular formula is C13H21N3. The van der Waals surface area contributed by atoms with Crippen LogP contribution in [-0.4, -0.2) is 16.0 Å². The fourth-order valence-electron chi connectivity index (χ4n) is 2.46. The number of nitrogens with one attached hydrogen (secondary N) is 1. The van der Waals surface area contributed by atoms with Gasteiger partial charge in [-0.05, 0) is 37.7 Å². The Labute approximate surface area is 97.7 Å². The van der Waals surface area contributed by atoms with Gasteiger partial charge in [-0.25, -0.2) is 9.97 Å². The van der Waals surface area contributed by atoms with Crippen molar-refractivity contribution in [1.29, 1.82) is 0 Å². The van der Waals surface area contributed by atoms with Crippen LogP contribution in [-0.2, 0) is 6.54 Å². The van der Waals surface area contributed by atoms with E-state index in [4.69, 9.17) is 0 Å². The maximum absolute atomic E-state index is 4.40. The van der Waals surface area contributed by atoms with E-state index in [0.29, 0.717) is 11.5 Å². The van der Waals surface area contributed by atoms with Crippen molar-refractivity contribution in [3.8, 4) is 0 Å². The van der Waals surface area contributed by atoms with Crippen molar-refractivity contribution < 1.29 is 0 Å². The highest BCUT2D eigenvalue weighted by molar-refractivity contribution is 5.01. The number of nitrogens with zero attached hydrogens (tertiary/aromatic N) is 2. The summed E-state index contributed by atoms with van der Waals surface area (Å²) in [5, 5.41) is 3.59. The minimum Gasteiger partial charge on any atom is -0.308 e. The van der Waals surface area contributed by atoms with Gasteiger partial charge in [-0.2, -0.15) is 0 Å². The first kappa shape index (κ1) is 11.5. The number of hydrogen-bond acceptors (Lipinski definition) is 3. The van der Waals surface area contributed by atoms with Gasteiger partial charge >= 0.3 is 0 Å². The zero-order valence-electron chi connectivity index (χ0n) is 10.5. The van der Waals surface area contributed by atoms with Crippen LogP contribution in [0.1, 0.15) is 44.6 Å². The molecule has 0 aromatic carbocycles. The molecule has 1 aliphatic carbocycles. The molecule has 88 valence electrons. The minimum atomic E-state index is 0.513. The standard InChI is InChI=1S/C13H21N3/c1-10-14-7-5-12(16-10)9-15-11-4-6-13(2,3)8-11/h5,7,11,15H,4,6,8-9H2,1-3H3. The van der Waals surface area contributed by atoms with E-state index in [1.54, 1.807) is 0 Å². The maximum atomic E-state index is 4.40. The van der Waals surface area contributed by atoms with E-state index in [1.807, 2.05) is 19.2 Å². The molecule has 0 saturated heterocycles. The molecule has 1 unspecified atom stereocenters. The highest BCUT2D eigenvalue weighted by Crippen LogP contribution is 2.36. The summed E-state index contributed by atoms with van der Waals surface area (Å²) in [7, 11) is 0. The maximum Gasteiger partial charge on any atom is 0.125 e. The van der Waals surface area contributed by atoms with E-state index in [9.17, 15) is 0 Å².